The maximum atomic E-state index is 5.70. The van der Waals surface area contributed by atoms with E-state index in [9.17, 15) is 0 Å². The lowest BCUT2D eigenvalue weighted by Crippen LogP contribution is -2.03. The van der Waals surface area contributed by atoms with Crippen LogP contribution >= 0.6 is 15.9 Å². The van der Waals surface area contributed by atoms with Gasteiger partial charge in [0.05, 0.1) is 12.4 Å². The van der Waals surface area contributed by atoms with Gasteiger partial charge in [-0.3, -0.25) is 4.98 Å². The van der Waals surface area contributed by atoms with E-state index in [4.69, 9.17) is 4.74 Å². The van der Waals surface area contributed by atoms with Crippen LogP contribution in [0.4, 0.5) is 5.82 Å². The molecule has 1 aromatic heterocycles. The van der Waals surface area contributed by atoms with E-state index in [-0.39, 0.29) is 0 Å². The van der Waals surface area contributed by atoms with Gasteiger partial charge in [-0.1, -0.05) is 22.9 Å². The average Bonchev–Trinajstić information content (AvgIpc) is 2.41. The Hall–Kier alpha value is -1.62. The predicted molar refractivity (Wildman–Crippen MR) is 79.8 cm³/mol. The van der Waals surface area contributed by atoms with Crippen LogP contribution in [0, 0.1) is 6.92 Å². The topological polar surface area (TPSA) is 47.0 Å². The molecular weight excluding hydrogens is 306 g/mol. The summed E-state index contributed by atoms with van der Waals surface area (Å²) in [4.78, 5) is 8.46. The third kappa shape index (κ3) is 3.92. The van der Waals surface area contributed by atoms with Gasteiger partial charge in [-0.15, -0.1) is 0 Å². The molecule has 0 saturated carbocycles. The molecule has 1 heterocycles. The Bertz CT molecular complexity index is 560. The normalized spacial score (nSPS) is 10.3. The zero-order valence-corrected chi connectivity index (χ0v) is 12.6. The standard InChI is InChI=1S/C14H16BrN3O/c1-3-6-17-13-8-16-9-14(18-13)19-11-4-5-12(15)10(2)7-11/h4-5,7-9H,3,6H2,1-2H3,(H,17,18). The lowest BCUT2D eigenvalue weighted by atomic mass is 10.2. The summed E-state index contributed by atoms with van der Waals surface area (Å²) >= 11 is 3.46. The van der Waals surface area contributed by atoms with Gasteiger partial charge in [0.1, 0.15) is 11.6 Å². The Kier molecular flexibility index (Phi) is 4.74. The molecule has 2 rings (SSSR count). The van der Waals surface area contributed by atoms with Gasteiger partial charge in [0.25, 0.3) is 0 Å². The lowest BCUT2D eigenvalue weighted by molar-refractivity contribution is 0.460. The van der Waals surface area contributed by atoms with E-state index in [1.807, 2.05) is 25.1 Å². The summed E-state index contributed by atoms with van der Waals surface area (Å²) < 4.78 is 6.76. The minimum Gasteiger partial charge on any atom is -0.437 e. The highest BCUT2D eigenvalue weighted by molar-refractivity contribution is 9.10. The minimum atomic E-state index is 0.489. The molecule has 0 bridgehead atoms. The van der Waals surface area contributed by atoms with Crippen molar-refractivity contribution in [2.45, 2.75) is 20.3 Å². The maximum Gasteiger partial charge on any atom is 0.239 e. The largest absolute Gasteiger partial charge is 0.437 e. The highest BCUT2D eigenvalue weighted by atomic mass is 79.9. The number of hydrogen-bond acceptors (Lipinski definition) is 4. The molecule has 0 aliphatic rings. The number of benzene rings is 1. The van der Waals surface area contributed by atoms with E-state index < -0.39 is 0 Å². The van der Waals surface area contributed by atoms with Crippen LogP contribution in [-0.4, -0.2) is 16.5 Å². The van der Waals surface area contributed by atoms with Crippen LogP contribution < -0.4 is 10.1 Å². The molecule has 19 heavy (non-hydrogen) atoms. The van der Waals surface area contributed by atoms with Crippen LogP contribution in [0.5, 0.6) is 11.6 Å². The van der Waals surface area contributed by atoms with Gasteiger partial charge in [-0.2, -0.15) is 4.98 Å². The fraction of sp³-hybridized carbons (Fsp3) is 0.286. The van der Waals surface area contributed by atoms with Crippen molar-refractivity contribution in [3.05, 3.63) is 40.6 Å². The number of halogens is 1. The van der Waals surface area contributed by atoms with E-state index in [2.05, 4.69) is 38.1 Å². The molecule has 5 heteroatoms. The van der Waals surface area contributed by atoms with E-state index >= 15 is 0 Å². The molecule has 0 spiro atoms. The van der Waals surface area contributed by atoms with Gasteiger partial charge in [-0.05, 0) is 37.1 Å². The monoisotopic (exact) mass is 321 g/mol. The van der Waals surface area contributed by atoms with Crippen LogP contribution in [0.3, 0.4) is 0 Å². The van der Waals surface area contributed by atoms with Gasteiger partial charge in [0.2, 0.25) is 5.88 Å². The van der Waals surface area contributed by atoms with Crippen molar-refractivity contribution in [2.24, 2.45) is 0 Å². The third-order valence-corrected chi connectivity index (χ3v) is 3.41. The van der Waals surface area contributed by atoms with Gasteiger partial charge in [0.15, 0.2) is 0 Å². The number of rotatable bonds is 5. The van der Waals surface area contributed by atoms with Crippen molar-refractivity contribution in [3.63, 3.8) is 0 Å². The zero-order chi connectivity index (χ0) is 13.7. The average molecular weight is 322 g/mol. The molecule has 0 aliphatic carbocycles. The van der Waals surface area contributed by atoms with Crippen LogP contribution in [0.25, 0.3) is 0 Å². The van der Waals surface area contributed by atoms with Gasteiger partial charge in [-0.25, -0.2) is 0 Å². The van der Waals surface area contributed by atoms with Gasteiger partial charge >= 0.3 is 0 Å². The van der Waals surface area contributed by atoms with Crippen LogP contribution in [0.1, 0.15) is 18.9 Å². The molecule has 0 amide bonds. The van der Waals surface area contributed by atoms with Crippen molar-refractivity contribution in [1.29, 1.82) is 0 Å². The molecule has 100 valence electrons. The number of aromatic nitrogens is 2. The minimum absolute atomic E-state index is 0.489. The molecule has 0 atom stereocenters. The summed E-state index contributed by atoms with van der Waals surface area (Å²) in [5, 5.41) is 3.18. The summed E-state index contributed by atoms with van der Waals surface area (Å²) in [5.41, 5.74) is 1.12. The molecule has 0 fully saturated rings. The Balaban J connectivity index is 2.11. The van der Waals surface area contributed by atoms with Crippen molar-refractivity contribution in [1.82, 2.24) is 9.97 Å². The Morgan fingerprint density at radius 2 is 2.16 bits per heavy atom. The van der Waals surface area contributed by atoms with Crippen molar-refractivity contribution in [3.8, 4) is 11.6 Å². The molecule has 0 unspecified atom stereocenters. The highest BCUT2D eigenvalue weighted by Crippen LogP contribution is 2.25. The van der Waals surface area contributed by atoms with E-state index in [1.165, 1.54) is 0 Å². The second kappa shape index (κ2) is 6.52. The van der Waals surface area contributed by atoms with Crippen molar-refractivity contribution in [2.75, 3.05) is 11.9 Å². The number of nitrogens with one attached hydrogen (secondary N) is 1. The van der Waals surface area contributed by atoms with Crippen LogP contribution in [0.15, 0.2) is 35.1 Å². The zero-order valence-electron chi connectivity index (χ0n) is 11.0. The molecule has 0 aliphatic heterocycles. The van der Waals surface area contributed by atoms with E-state index in [0.717, 1.165) is 34.6 Å². The summed E-state index contributed by atoms with van der Waals surface area (Å²) in [7, 11) is 0. The van der Waals surface area contributed by atoms with Crippen LogP contribution in [0.2, 0.25) is 0 Å². The maximum absolute atomic E-state index is 5.70. The molecule has 1 aromatic carbocycles. The Labute approximate surface area is 121 Å². The molecule has 2 aromatic rings. The molecule has 1 N–H and O–H groups in total. The predicted octanol–water partition coefficient (Wildman–Crippen LogP) is 4.16. The number of aryl methyl sites for hydroxylation is 1. The smallest absolute Gasteiger partial charge is 0.239 e. The fourth-order valence-corrected chi connectivity index (χ4v) is 1.78. The molecule has 0 saturated heterocycles. The highest BCUT2D eigenvalue weighted by Gasteiger charge is 2.03. The first kappa shape index (κ1) is 13.8. The number of hydrogen-bond donors (Lipinski definition) is 1. The van der Waals surface area contributed by atoms with Gasteiger partial charge < -0.3 is 10.1 Å². The SMILES string of the molecule is CCCNc1cncc(Oc2ccc(Br)c(C)c2)n1. The third-order valence-electron chi connectivity index (χ3n) is 2.52. The number of anilines is 1. The van der Waals surface area contributed by atoms with Gasteiger partial charge in [0, 0.05) is 11.0 Å². The summed E-state index contributed by atoms with van der Waals surface area (Å²) in [6, 6.07) is 5.81. The summed E-state index contributed by atoms with van der Waals surface area (Å²) in [5.74, 6) is 1.97. The molecule has 4 nitrogen and oxygen atoms in total. The van der Waals surface area contributed by atoms with Crippen molar-refractivity contribution >= 4 is 21.7 Å². The van der Waals surface area contributed by atoms with E-state index in [0.29, 0.717) is 5.88 Å². The first-order chi connectivity index (χ1) is 9.19. The lowest BCUT2D eigenvalue weighted by Gasteiger charge is -2.08. The first-order valence-electron chi connectivity index (χ1n) is 6.19. The summed E-state index contributed by atoms with van der Waals surface area (Å²) in [6.45, 7) is 4.99. The fourth-order valence-electron chi connectivity index (χ4n) is 1.54. The number of nitrogens with zero attached hydrogens (tertiary/aromatic N) is 2. The molecule has 0 radical (unpaired) electrons. The summed E-state index contributed by atoms with van der Waals surface area (Å²) in [6.07, 6.45) is 4.34. The van der Waals surface area contributed by atoms with Crippen molar-refractivity contribution < 1.29 is 4.74 Å². The first-order valence-corrected chi connectivity index (χ1v) is 6.98. The second-order valence-corrected chi connectivity index (χ2v) is 5.04. The second-order valence-electron chi connectivity index (χ2n) is 4.18. The Morgan fingerprint density at radius 3 is 2.89 bits per heavy atom. The quantitative estimate of drug-likeness (QED) is 0.898. The van der Waals surface area contributed by atoms with E-state index in [1.54, 1.807) is 12.4 Å². The Morgan fingerprint density at radius 1 is 1.32 bits per heavy atom. The van der Waals surface area contributed by atoms with Crippen LogP contribution in [-0.2, 0) is 0 Å². The number of ether oxygens (including phenoxy) is 1. The molecular formula is C14H16BrN3O.